The standard InChI is InChI=1S/C18H16N4O2S/c1-12-15(13(2)24-21-12)11-25-18-20-19-17(16-9-6-10-23-16)22(18)14-7-4-3-5-8-14/h3-10H,11H2,1-2H3. The van der Waals surface area contributed by atoms with Crippen molar-refractivity contribution in [1.82, 2.24) is 19.9 Å². The van der Waals surface area contributed by atoms with Gasteiger partial charge in [-0.3, -0.25) is 4.57 Å². The number of nitrogens with zero attached hydrogens (tertiary/aromatic N) is 4. The first-order valence-electron chi connectivity index (χ1n) is 7.83. The quantitative estimate of drug-likeness (QED) is 0.495. The molecule has 6 nitrogen and oxygen atoms in total. The Bertz CT molecular complexity index is 955. The molecule has 25 heavy (non-hydrogen) atoms. The second-order valence-electron chi connectivity index (χ2n) is 5.55. The van der Waals surface area contributed by atoms with E-state index >= 15 is 0 Å². The third kappa shape index (κ3) is 2.98. The molecule has 7 heteroatoms. The number of aromatic nitrogens is 4. The van der Waals surface area contributed by atoms with E-state index < -0.39 is 0 Å². The van der Waals surface area contributed by atoms with E-state index in [4.69, 9.17) is 8.94 Å². The summed E-state index contributed by atoms with van der Waals surface area (Å²) in [5, 5.41) is 13.5. The summed E-state index contributed by atoms with van der Waals surface area (Å²) in [4.78, 5) is 0. The molecule has 0 radical (unpaired) electrons. The smallest absolute Gasteiger partial charge is 0.205 e. The fourth-order valence-electron chi connectivity index (χ4n) is 2.58. The first-order valence-corrected chi connectivity index (χ1v) is 8.82. The summed E-state index contributed by atoms with van der Waals surface area (Å²) >= 11 is 1.59. The normalized spacial score (nSPS) is 11.1. The zero-order chi connectivity index (χ0) is 17.2. The van der Waals surface area contributed by atoms with Crippen molar-refractivity contribution in [1.29, 1.82) is 0 Å². The summed E-state index contributed by atoms with van der Waals surface area (Å²) in [5.74, 6) is 2.91. The highest BCUT2D eigenvalue weighted by Crippen LogP contribution is 2.31. The number of benzene rings is 1. The molecule has 0 spiro atoms. The minimum atomic E-state index is 0.678. The first kappa shape index (κ1) is 15.7. The summed E-state index contributed by atoms with van der Waals surface area (Å²) in [6.45, 7) is 3.87. The SMILES string of the molecule is Cc1noc(C)c1CSc1nnc(-c2ccco2)n1-c1ccccc1. The third-order valence-electron chi connectivity index (χ3n) is 3.92. The second-order valence-corrected chi connectivity index (χ2v) is 6.49. The van der Waals surface area contributed by atoms with Crippen LogP contribution < -0.4 is 0 Å². The van der Waals surface area contributed by atoms with Gasteiger partial charge in [-0.2, -0.15) is 0 Å². The van der Waals surface area contributed by atoms with E-state index in [1.165, 1.54) is 0 Å². The highest BCUT2D eigenvalue weighted by atomic mass is 32.2. The van der Waals surface area contributed by atoms with Crippen molar-refractivity contribution in [2.45, 2.75) is 24.8 Å². The predicted octanol–water partition coefficient (Wildman–Crippen LogP) is 4.42. The molecule has 4 aromatic rings. The minimum Gasteiger partial charge on any atom is -0.461 e. The Kier molecular flexibility index (Phi) is 4.15. The van der Waals surface area contributed by atoms with Crippen molar-refractivity contribution < 1.29 is 8.94 Å². The van der Waals surface area contributed by atoms with Crippen LogP contribution in [0.2, 0.25) is 0 Å². The van der Waals surface area contributed by atoms with Gasteiger partial charge in [0.1, 0.15) is 5.76 Å². The van der Waals surface area contributed by atoms with Crippen molar-refractivity contribution >= 4 is 11.8 Å². The maximum absolute atomic E-state index is 5.53. The Balaban J connectivity index is 1.73. The van der Waals surface area contributed by atoms with Crippen LogP contribution in [0.3, 0.4) is 0 Å². The van der Waals surface area contributed by atoms with E-state index in [1.54, 1.807) is 18.0 Å². The number of para-hydroxylation sites is 1. The van der Waals surface area contributed by atoms with Crippen LogP contribution >= 0.6 is 11.8 Å². The molecule has 0 unspecified atom stereocenters. The van der Waals surface area contributed by atoms with Gasteiger partial charge in [0.15, 0.2) is 10.9 Å². The van der Waals surface area contributed by atoms with E-state index in [1.807, 2.05) is 60.9 Å². The Labute approximate surface area is 148 Å². The fourth-order valence-corrected chi connectivity index (χ4v) is 3.69. The van der Waals surface area contributed by atoms with Crippen molar-refractivity contribution in [3.05, 3.63) is 65.7 Å². The summed E-state index contributed by atoms with van der Waals surface area (Å²) in [5.41, 5.74) is 2.98. The van der Waals surface area contributed by atoms with Gasteiger partial charge in [-0.1, -0.05) is 35.1 Å². The van der Waals surface area contributed by atoms with Crippen LogP contribution in [0.4, 0.5) is 0 Å². The molecule has 1 aromatic carbocycles. The molecule has 0 aliphatic rings. The van der Waals surface area contributed by atoms with Crippen LogP contribution in [0.5, 0.6) is 0 Å². The van der Waals surface area contributed by atoms with Gasteiger partial charge in [0.2, 0.25) is 5.82 Å². The molecule has 0 N–H and O–H groups in total. The molecular formula is C18H16N4O2S. The molecule has 0 atom stereocenters. The summed E-state index contributed by atoms with van der Waals surface area (Å²) in [7, 11) is 0. The highest BCUT2D eigenvalue weighted by Gasteiger charge is 2.19. The Hall–Kier alpha value is -2.80. The van der Waals surface area contributed by atoms with Crippen LogP contribution in [0.15, 0.2) is 62.8 Å². The maximum atomic E-state index is 5.53. The minimum absolute atomic E-state index is 0.678. The zero-order valence-electron chi connectivity index (χ0n) is 13.8. The average Bonchev–Trinajstić information content (AvgIpc) is 3.35. The Morgan fingerprint density at radius 1 is 1.04 bits per heavy atom. The van der Waals surface area contributed by atoms with Gasteiger partial charge in [-0.25, -0.2) is 0 Å². The lowest BCUT2D eigenvalue weighted by Gasteiger charge is -2.08. The molecule has 3 heterocycles. The van der Waals surface area contributed by atoms with Gasteiger partial charge in [0.25, 0.3) is 0 Å². The van der Waals surface area contributed by atoms with Crippen LogP contribution in [-0.4, -0.2) is 19.9 Å². The van der Waals surface area contributed by atoms with E-state index in [9.17, 15) is 0 Å². The van der Waals surface area contributed by atoms with E-state index in [0.717, 1.165) is 27.9 Å². The van der Waals surface area contributed by atoms with Gasteiger partial charge < -0.3 is 8.94 Å². The van der Waals surface area contributed by atoms with Crippen molar-refractivity contribution in [2.75, 3.05) is 0 Å². The van der Waals surface area contributed by atoms with Crippen molar-refractivity contribution in [3.63, 3.8) is 0 Å². The Morgan fingerprint density at radius 3 is 2.56 bits per heavy atom. The number of thioether (sulfide) groups is 1. The number of hydrogen-bond acceptors (Lipinski definition) is 6. The first-order chi connectivity index (χ1) is 12.2. The molecule has 126 valence electrons. The van der Waals surface area contributed by atoms with Gasteiger partial charge in [-0.05, 0) is 38.1 Å². The lowest BCUT2D eigenvalue weighted by molar-refractivity contribution is 0.392. The lowest BCUT2D eigenvalue weighted by atomic mass is 10.2. The fraction of sp³-hybridized carbons (Fsp3) is 0.167. The molecule has 0 bridgehead atoms. The molecule has 0 saturated heterocycles. The van der Waals surface area contributed by atoms with Crippen LogP contribution in [0, 0.1) is 13.8 Å². The zero-order valence-corrected chi connectivity index (χ0v) is 14.7. The maximum Gasteiger partial charge on any atom is 0.205 e. The van der Waals surface area contributed by atoms with E-state index in [-0.39, 0.29) is 0 Å². The largest absolute Gasteiger partial charge is 0.461 e. The topological polar surface area (TPSA) is 69.9 Å². The number of rotatable bonds is 5. The molecule has 4 rings (SSSR count). The molecule has 0 amide bonds. The molecule has 3 aromatic heterocycles. The summed E-state index contributed by atoms with van der Waals surface area (Å²) in [6.07, 6.45) is 1.63. The van der Waals surface area contributed by atoms with Gasteiger partial charge in [0, 0.05) is 17.0 Å². The van der Waals surface area contributed by atoms with E-state index in [0.29, 0.717) is 17.3 Å². The van der Waals surface area contributed by atoms with Crippen LogP contribution in [-0.2, 0) is 5.75 Å². The molecule has 0 saturated carbocycles. The van der Waals surface area contributed by atoms with Gasteiger partial charge in [0.05, 0.1) is 12.0 Å². The predicted molar refractivity (Wildman–Crippen MR) is 94.6 cm³/mol. The number of hydrogen-bond donors (Lipinski definition) is 0. The van der Waals surface area contributed by atoms with Gasteiger partial charge >= 0.3 is 0 Å². The second kappa shape index (κ2) is 6.60. The van der Waals surface area contributed by atoms with Crippen molar-refractivity contribution in [3.8, 4) is 17.3 Å². The lowest BCUT2D eigenvalue weighted by Crippen LogP contribution is -1.99. The molecule has 0 fully saturated rings. The summed E-state index contributed by atoms with van der Waals surface area (Å²) < 4.78 is 12.8. The van der Waals surface area contributed by atoms with Crippen LogP contribution in [0.25, 0.3) is 17.3 Å². The number of furan rings is 1. The Morgan fingerprint density at radius 2 is 1.88 bits per heavy atom. The number of aryl methyl sites for hydroxylation is 2. The third-order valence-corrected chi connectivity index (χ3v) is 4.87. The van der Waals surface area contributed by atoms with Crippen molar-refractivity contribution in [2.24, 2.45) is 0 Å². The van der Waals surface area contributed by atoms with E-state index in [2.05, 4.69) is 15.4 Å². The summed E-state index contributed by atoms with van der Waals surface area (Å²) in [6, 6.07) is 13.7. The molecule has 0 aliphatic carbocycles. The van der Waals surface area contributed by atoms with Crippen LogP contribution in [0.1, 0.15) is 17.0 Å². The average molecular weight is 352 g/mol. The molecule has 0 aliphatic heterocycles. The van der Waals surface area contributed by atoms with Gasteiger partial charge in [-0.15, -0.1) is 10.2 Å². The monoisotopic (exact) mass is 352 g/mol. The molecular weight excluding hydrogens is 336 g/mol. The highest BCUT2D eigenvalue weighted by molar-refractivity contribution is 7.98.